The lowest BCUT2D eigenvalue weighted by Gasteiger charge is -2.23. The highest BCUT2D eigenvalue weighted by Gasteiger charge is 2.22. The molecule has 1 nitrogen and oxygen atoms in total. The van der Waals surface area contributed by atoms with Crippen molar-refractivity contribution in [2.45, 2.75) is 72.1 Å². The Labute approximate surface area is 176 Å². The fraction of sp³-hybridized carbons (Fsp3) is 0.464. The molecule has 152 valence electrons. The van der Waals surface area contributed by atoms with Crippen LogP contribution in [0.4, 0.5) is 0 Å². The SMILES string of the molecule is Cc1cc(C2CCCCC2)cc(-c2c3ccc(CC(C)C)cc3cc[n+]2C)c1C. The van der Waals surface area contributed by atoms with Gasteiger partial charge in [0.25, 0.3) is 0 Å². The zero-order chi connectivity index (χ0) is 20.5. The minimum atomic E-state index is 0.684. The van der Waals surface area contributed by atoms with Crippen LogP contribution in [0.5, 0.6) is 0 Å². The average molecular weight is 387 g/mol. The maximum atomic E-state index is 2.51. The molecule has 1 heteroatoms. The Kier molecular flexibility index (Phi) is 5.76. The molecule has 1 fully saturated rings. The van der Waals surface area contributed by atoms with E-state index in [0.29, 0.717) is 5.92 Å². The molecule has 0 bridgehead atoms. The van der Waals surface area contributed by atoms with E-state index in [0.717, 1.165) is 12.3 Å². The van der Waals surface area contributed by atoms with Crippen LogP contribution in [0.3, 0.4) is 0 Å². The molecular weight excluding hydrogens is 350 g/mol. The lowest BCUT2D eigenvalue weighted by Crippen LogP contribution is -2.31. The normalized spacial score (nSPS) is 15.4. The van der Waals surface area contributed by atoms with E-state index < -0.39 is 0 Å². The minimum absolute atomic E-state index is 0.684. The van der Waals surface area contributed by atoms with Crippen LogP contribution < -0.4 is 4.57 Å². The van der Waals surface area contributed by atoms with Gasteiger partial charge < -0.3 is 0 Å². The van der Waals surface area contributed by atoms with Crippen molar-refractivity contribution < 1.29 is 4.57 Å². The van der Waals surface area contributed by atoms with E-state index in [9.17, 15) is 0 Å². The lowest BCUT2D eigenvalue weighted by atomic mass is 9.81. The molecule has 3 aromatic rings. The molecule has 1 heterocycles. The summed E-state index contributed by atoms with van der Waals surface area (Å²) in [7, 11) is 2.19. The number of hydrogen-bond acceptors (Lipinski definition) is 0. The Hall–Kier alpha value is -2.15. The number of hydrogen-bond donors (Lipinski definition) is 0. The summed E-state index contributed by atoms with van der Waals surface area (Å²) in [5.41, 5.74) is 8.61. The van der Waals surface area contributed by atoms with Gasteiger partial charge in [-0.05, 0) is 84.7 Å². The topological polar surface area (TPSA) is 3.88 Å². The van der Waals surface area contributed by atoms with Crippen LogP contribution in [0, 0.1) is 19.8 Å². The Morgan fingerprint density at radius 2 is 1.72 bits per heavy atom. The monoisotopic (exact) mass is 386 g/mol. The van der Waals surface area contributed by atoms with Crippen molar-refractivity contribution in [3.05, 3.63) is 64.8 Å². The molecule has 0 amide bonds. The number of aryl methyl sites for hydroxylation is 2. The van der Waals surface area contributed by atoms with Gasteiger partial charge in [0.15, 0.2) is 6.20 Å². The zero-order valence-corrected chi connectivity index (χ0v) is 18.9. The lowest BCUT2D eigenvalue weighted by molar-refractivity contribution is -0.659. The summed E-state index contributed by atoms with van der Waals surface area (Å²) in [6, 6.07) is 14.3. The average Bonchev–Trinajstić information content (AvgIpc) is 2.70. The number of benzene rings is 2. The Balaban J connectivity index is 1.87. The number of fused-ring (bicyclic) bond motifs is 1. The first-order valence-corrected chi connectivity index (χ1v) is 11.5. The van der Waals surface area contributed by atoms with Crippen molar-refractivity contribution in [1.82, 2.24) is 0 Å². The first kappa shape index (κ1) is 20.1. The van der Waals surface area contributed by atoms with E-state index in [-0.39, 0.29) is 0 Å². The van der Waals surface area contributed by atoms with E-state index in [1.54, 1.807) is 5.56 Å². The maximum Gasteiger partial charge on any atom is 0.220 e. The summed E-state index contributed by atoms with van der Waals surface area (Å²) in [5.74, 6) is 1.42. The molecule has 29 heavy (non-hydrogen) atoms. The van der Waals surface area contributed by atoms with Crippen LogP contribution in [-0.2, 0) is 13.5 Å². The Morgan fingerprint density at radius 1 is 0.966 bits per heavy atom. The highest BCUT2D eigenvalue weighted by Crippen LogP contribution is 2.37. The first-order chi connectivity index (χ1) is 13.9. The van der Waals surface area contributed by atoms with Crippen molar-refractivity contribution in [1.29, 1.82) is 0 Å². The quantitative estimate of drug-likeness (QED) is 0.418. The van der Waals surface area contributed by atoms with Crippen LogP contribution in [0.1, 0.15) is 74.1 Å². The van der Waals surface area contributed by atoms with Gasteiger partial charge >= 0.3 is 0 Å². The summed E-state index contributed by atoms with van der Waals surface area (Å²) in [5, 5.41) is 2.72. The summed E-state index contributed by atoms with van der Waals surface area (Å²) in [6.45, 7) is 9.17. The summed E-state index contributed by atoms with van der Waals surface area (Å²) >= 11 is 0. The molecule has 4 rings (SSSR count). The molecule has 1 aliphatic rings. The van der Waals surface area contributed by atoms with Crippen LogP contribution in [-0.4, -0.2) is 0 Å². The fourth-order valence-electron chi connectivity index (χ4n) is 5.16. The molecule has 0 spiro atoms. The van der Waals surface area contributed by atoms with Gasteiger partial charge in [0.05, 0.1) is 10.9 Å². The molecule has 1 aromatic heterocycles. The summed E-state index contributed by atoms with van der Waals surface area (Å²) in [6.07, 6.45) is 10.2. The summed E-state index contributed by atoms with van der Waals surface area (Å²) in [4.78, 5) is 0. The van der Waals surface area contributed by atoms with E-state index in [2.05, 4.69) is 81.9 Å². The molecule has 0 radical (unpaired) electrons. The van der Waals surface area contributed by atoms with Crippen molar-refractivity contribution in [2.75, 3.05) is 0 Å². The second-order valence-corrected chi connectivity index (χ2v) is 9.64. The zero-order valence-electron chi connectivity index (χ0n) is 18.9. The highest BCUT2D eigenvalue weighted by molar-refractivity contribution is 5.94. The van der Waals surface area contributed by atoms with Gasteiger partial charge in [-0.1, -0.05) is 51.3 Å². The summed E-state index contributed by atoms with van der Waals surface area (Å²) < 4.78 is 2.32. The van der Waals surface area contributed by atoms with Gasteiger partial charge in [-0.25, -0.2) is 4.57 Å². The minimum Gasteiger partial charge on any atom is -0.200 e. The van der Waals surface area contributed by atoms with Crippen LogP contribution in [0.25, 0.3) is 22.0 Å². The van der Waals surface area contributed by atoms with E-state index in [1.807, 2.05) is 0 Å². The molecule has 0 aliphatic heterocycles. The number of rotatable bonds is 4. The van der Waals surface area contributed by atoms with Crippen LogP contribution >= 0.6 is 0 Å². The second kappa shape index (κ2) is 8.30. The molecule has 0 N–H and O–H groups in total. The first-order valence-electron chi connectivity index (χ1n) is 11.5. The smallest absolute Gasteiger partial charge is 0.200 e. The van der Waals surface area contributed by atoms with Gasteiger partial charge in [-0.15, -0.1) is 0 Å². The van der Waals surface area contributed by atoms with Crippen LogP contribution in [0.15, 0.2) is 42.6 Å². The van der Waals surface area contributed by atoms with Gasteiger partial charge in [-0.2, -0.15) is 0 Å². The Bertz CT molecular complexity index is 1020. The predicted octanol–water partition coefficient (Wildman–Crippen LogP) is 7.19. The maximum absolute atomic E-state index is 2.51. The standard InChI is InChI=1S/C28H36N/c1-19(2)15-22-11-12-26-24(17-22)13-14-29(5)28(26)27-18-25(16-20(3)21(27)4)23-9-7-6-8-10-23/h11-14,16-19,23H,6-10,15H2,1-5H3/q+1. The van der Waals surface area contributed by atoms with E-state index in [4.69, 9.17) is 0 Å². The molecule has 0 atom stereocenters. The van der Waals surface area contributed by atoms with Crippen molar-refractivity contribution in [2.24, 2.45) is 13.0 Å². The van der Waals surface area contributed by atoms with Crippen molar-refractivity contribution >= 4 is 10.8 Å². The van der Waals surface area contributed by atoms with Gasteiger partial charge in [0.2, 0.25) is 5.69 Å². The van der Waals surface area contributed by atoms with Crippen molar-refractivity contribution in [3.63, 3.8) is 0 Å². The molecule has 1 aliphatic carbocycles. The third-order valence-corrected chi connectivity index (χ3v) is 6.87. The third kappa shape index (κ3) is 4.10. The van der Waals surface area contributed by atoms with Crippen LogP contribution in [0.2, 0.25) is 0 Å². The third-order valence-electron chi connectivity index (χ3n) is 6.87. The predicted molar refractivity (Wildman–Crippen MR) is 124 cm³/mol. The van der Waals surface area contributed by atoms with E-state index in [1.165, 1.54) is 70.8 Å². The molecule has 2 aromatic carbocycles. The van der Waals surface area contributed by atoms with Gasteiger partial charge in [0, 0.05) is 6.07 Å². The molecule has 1 saturated carbocycles. The molecular formula is C28H36N+. The number of pyridine rings is 1. The van der Waals surface area contributed by atoms with Crippen molar-refractivity contribution in [3.8, 4) is 11.3 Å². The fourth-order valence-corrected chi connectivity index (χ4v) is 5.16. The van der Waals surface area contributed by atoms with Gasteiger partial charge in [-0.3, -0.25) is 0 Å². The highest BCUT2D eigenvalue weighted by atomic mass is 14.9. The number of nitrogens with zero attached hydrogens (tertiary/aromatic N) is 1. The second-order valence-electron chi connectivity index (χ2n) is 9.64. The molecule has 0 unspecified atom stereocenters. The molecule has 0 saturated heterocycles. The Morgan fingerprint density at radius 3 is 2.45 bits per heavy atom. The van der Waals surface area contributed by atoms with Gasteiger partial charge in [0.1, 0.15) is 7.05 Å². The largest absolute Gasteiger partial charge is 0.220 e. The number of aromatic nitrogens is 1. The van der Waals surface area contributed by atoms with E-state index >= 15 is 0 Å².